The van der Waals surface area contributed by atoms with E-state index in [1.807, 2.05) is 41.8 Å². The number of nitrogens with zero attached hydrogens (tertiary/aromatic N) is 3. The van der Waals surface area contributed by atoms with Gasteiger partial charge < -0.3 is 9.84 Å². The molecule has 0 radical (unpaired) electrons. The minimum atomic E-state index is -0.281. The second-order valence-corrected chi connectivity index (χ2v) is 8.12. The molecule has 0 bridgehead atoms. The van der Waals surface area contributed by atoms with Crippen molar-refractivity contribution in [3.05, 3.63) is 68.9 Å². The molecular weight excluding hydrogens is 388 g/mol. The first kappa shape index (κ1) is 17.8. The predicted octanol–water partition coefficient (Wildman–Crippen LogP) is 3.31. The number of hydrogen-bond acceptors (Lipinski definition) is 6. The summed E-state index contributed by atoms with van der Waals surface area (Å²) in [5, 5.41) is 9.68. The van der Waals surface area contributed by atoms with E-state index in [-0.39, 0.29) is 18.0 Å². The molecule has 29 heavy (non-hydrogen) atoms. The number of thiophene rings is 1. The van der Waals surface area contributed by atoms with Crippen LogP contribution in [0, 0.1) is 0 Å². The number of para-hydroxylation sites is 1. The molecule has 0 atom stereocenters. The minimum absolute atomic E-state index is 0.0534. The highest BCUT2D eigenvalue weighted by molar-refractivity contribution is 7.09. The highest BCUT2D eigenvalue weighted by Crippen LogP contribution is 2.39. The van der Waals surface area contributed by atoms with Gasteiger partial charge in [-0.05, 0) is 30.4 Å². The number of aromatic nitrogens is 3. The summed E-state index contributed by atoms with van der Waals surface area (Å²) in [5.74, 6) is 1.19. The number of carbonyl (C=O) groups is 1. The van der Waals surface area contributed by atoms with Gasteiger partial charge in [-0.25, -0.2) is 0 Å². The molecule has 1 aliphatic rings. The Hall–Kier alpha value is -3.26. The number of hydrogen-bond donors (Lipinski definition) is 1. The summed E-state index contributed by atoms with van der Waals surface area (Å²) in [5.41, 5.74) is 0.976. The van der Waals surface area contributed by atoms with Crippen LogP contribution in [0.4, 0.5) is 0 Å². The van der Waals surface area contributed by atoms with Crippen LogP contribution in [0.25, 0.3) is 22.4 Å². The summed E-state index contributed by atoms with van der Waals surface area (Å²) in [6, 6.07) is 12.8. The maximum atomic E-state index is 12.8. The molecule has 1 N–H and O–H groups in total. The molecule has 146 valence electrons. The molecule has 3 heterocycles. The van der Waals surface area contributed by atoms with Crippen LogP contribution in [0.3, 0.4) is 0 Å². The Kier molecular flexibility index (Phi) is 4.48. The van der Waals surface area contributed by atoms with Crippen LogP contribution in [0.2, 0.25) is 0 Å². The van der Waals surface area contributed by atoms with Crippen LogP contribution >= 0.6 is 11.3 Å². The van der Waals surface area contributed by atoms with Crippen LogP contribution in [0.1, 0.15) is 29.5 Å². The molecule has 0 unspecified atom stereocenters. The SMILES string of the molecule is O=C(Cn1c(=O)cc(-c2nc(C3CC3)no2)c2ccccc21)NCc1cccs1. The molecule has 1 aromatic carbocycles. The third-order valence-electron chi connectivity index (χ3n) is 4.98. The molecule has 5 rings (SSSR count). The molecular formula is C21H18N4O3S. The van der Waals surface area contributed by atoms with Gasteiger partial charge in [-0.1, -0.05) is 29.4 Å². The molecule has 0 spiro atoms. The summed E-state index contributed by atoms with van der Waals surface area (Å²) in [7, 11) is 0. The quantitative estimate of drug-likeness (QED) is 0.531. The van der Waals surface area contributed by atoms with Crippen LogP contribution < -0.4 is 10.9 Å². The van der Waals surface area contributed by atoms with Crippen molar-refractivity contribution >= 4 is 28.1 Å². The van der Waals surface area contributed by atoms with Crippen LogP contribution in [0.5, 0.6) is 0 Å². The van der Waals surface area contributed by atoms with Crippen LogP contribution in [-0.2, 0) is 17.9 Å². The number of benzene rings is 1. The Labute approximate surface area is 170 Å². The molecule has 0 saturated heterocycles. The zero-order chi connectivity index (χ0) is 19.8. The lowest BCUT2D eigenvalue weighted by atomic mass is 10.1. The van der Waals surface area contributed by atoms with Crippen molar-refractivity contribution in [2.75, 3.05) is 0 Å². The summed E-state index contributed by atoms with van der Waals surface area (Å²) < 4.78 is 6.90. The molecule has 1 aliphatic carbocycles. The Morgan fingerprint density at radius 3 is 2.90 bits per heavy atom. The fourth-order valence-electron chi connectivity index (χ4n) is 3.32. The highest BCUT2D eigenvalue weighted by Gasteiger charge is 2.29. The number of fused-ring (bicyclic) bond motifs is 1. The second-order valence-electron chi connectivity index (χ2n) is 7.09. The van der Waals surface area contributed by atoms with Crippen molar-refractivity contribution in [2.45, 2.75) is 31.8 Å². The van der Waals surface area contributed by atoms with Gasteiger partial charge in [0.05, 0.1) is 17.6 Å². The van der Waals surface area contributed by atoms with Gasteiger partial charge in [0.2, 0.25) is 5.91 Å². The summed E-state index contributed by atoms with van der Waals surface area (Å²) in [6.07, 6.45) is 2.14. The topological polar surface area (TPSA) is 90.0 Å². The first-order valence-corrected chi connectivity index (χ1v) is 10.3. The lowest BCUT2D eigenvalue weighted by Crippen LogP contribution is -2.32. The zero-order valence-electron chi connectivity index (χ0n) is 15.5. The number of rotatable bonds is 6. The monoisotopic (exact) mass is 406 g/mol. The van der Waals surface area contributed by atoms with Gasteiger partial charge in [0.1, 0.15) is 6.54 Å². The van der Waals surface area contributed by atoms with Gasteiger partial charge in [-0.2, -0.15) is 4.98 Å². The second kappa shape index (κ2) is 7.29. The van der Waals surface area contributed by atoms with Gasteiger partial charge in [-0.15, -0.1) is 11.3 Å². The van der Waals surface area contributed by atoms with E-state index < -0.39 is 0 Å². The standard InChI is InChI=1S/C21H18N4O3S/c26-18(22-11-14-4-3-9-29-14)12-25-17-6-2-1-5-15(17)16(10-19(25)27)21-23-20(24-28-21)13-7-8-13/h1-6,9-10,13H,7-8,11-12H2,(H,22,26). The third kappa shape index (κ3) is 3.58. The van der Waals surface area contributed by atoms with E-state index in [1.165, 1.54) is 10.6 Å². The molecule has 4 aromatic rings. The van der Waals surface area contributed by atoms with Crippen molar-refractivity contribution in [1.29, 1.82) is 0 Å². The molecule has 7 nitrogen and oxygen atoms in total. The molecule has 0 aliphatic heterocycles. The predicted molar refractivity (Wildman–Crippen MR) is 110 cm³/mol. The average molecular weight is 406 g/mol. The molecule has 1 saturated carbocycles. The summed E-state index contributed by atoms with van der Waals surface area (Å²) >= 11 is 1.58. The van der Waals surface area contributed by atoms with Crippen molar-refractivity contribution in [2.24, 2.45) is 0 Å². The number of pyridine rings is 1. The van der Waals surface area contributed by atoms with Gasteiger partial charge in [0.15, 0.2) is 5.82 Å². The Morgan fingerprint density at radius 2 is 2.10 bits per heavy atom. The molecule has 1 amide bonds. The highest BCUT2D eigenvalue weighted by atomic mass is 32.1. The number of amides is 1. The van der Waals surface area contributed by atoms with Gasteiger partial charge in [0, 0.05) is 22.2 Å². The van der Waals surface area contributed by atoms with Gasteiger partial charge in [-0.3, -0.25) is 14.2 Å². The van der Waals surface area contributed by atoms with E-state index in [2.05, 4.69) is 15.5 Å². The van der Waals surface area contributed by atoms with Crippen molar-refractivity contribution < 1.29 is 9.32 Å². The van der Waals surface area contributed by atoms with Crippen molar-refractivity contribution in [3.63, 3.8) is 0 Å². The van der Waals surface area contributed by atoms with E-state index in [9.17, 15) is 9.59 Å². The minimum Gasteiger partial charge on any atom is -0.350 e. The lowest BCUT2D eigenvalue weighted by molar-refractivity contribution is -0.121. The Bertz CT molecular complexity index is 1240. The average Bonchev–Trinajstić information content (AvgIpc) is 3.24. The largest absolute Gasteiger partial charge is 0.350 e. The molecule has 1 fully saturated rings. The van der Waals surface area contributed by atoms with Crippen LogP contribution in [0.15, 0.2) is 57.2 Å². The smallest absolute Gasteiger partial charge is 0.258 e. The van der Waals surface area contributed by atoms with Crippen molar-refractivity contribution in [3.8, 4) is 11.5 Å². The lowest BCUT2D eigenvalue weighted by Gasteiger charge is -2.12. The summed E-state index contributed by atoms with van der Waals surface area (Å²) in [6.45, 7) is 0.398. The first-order valence-electron chi connectivity index (χ1n) is 9.44. The number of nitrogens with one attached hydrogen (secondary N) is 1. The fraction of sp³-hybridized carbons (Fsp3) is 0.238. The Balaban J connectivity index is 1.47. The Morgan fingerprint density at radius 1 is 1.24 bits per heavy atom. The van der Waals surface area contributed by atoms with Crippen molar-refractivity contribution in [1.82, 2.24) is 20.0 Å². The van der Waals surface area contributed by atoms with E-state index in [4.69, 9.17) is 4.52 Å². The van der Waals surface area contributed by atoms with E-state index in [1.54, 1.807) is 11.3 Å². The van der Waals surface area contributed by atoms with E-state index in [0.717, 1.165) is 23.1 Å². The van der Waals surface area contributed by atoms with Gasteiger partial charge in [0.25, 0.3) is 11.4 Å². The van der Waals surface area contributed by atoms with Crippen LogP contribution in [-0.4, -0.2) is 20.6 Å². The molecule has 8 heteroatoms. The summed E-state index contributed by atoms with van der Waals surface area (Å²) in [4.78, 5) is 30.8. The fourth-order valence-corrected chi connectivity index (χ4v) is 3.97. The van der Waals surface area contributed by atoms with E-state index in [0.29, 0.717) is 35.3 Å². The molecule has 3 aromatic heterocycles. The number of carbonyl (C=O) groups excluding carboxylic acids is 1. The maximum Gasteiger partial charge on any atom is 0.258 e. The zero-order valence-corrected chi connectivity index (χ0v) is 16.3. The first-order chi connectivity index (χ1) is 14.2. The third-order valence-corrected chi connectivity index (χ3v) is 5.85. The van der Waals surface area contributed by atoms with E-state index >= 15 is 0 Å². The normalized spacial score (nSPS) is 13.7. The maximum absolute atomic E-state index is 12.8. The van der Waals surface area contributed by atoms with Gasteiger partial charge >= 0.3 is 0 Å².